The highest BCUT2D eigenvalue weighted by atomic mass is 16.5. The Morgan fingerprint density at radius 2 is 1.93 bits per heavy atom. The number of nitrogens with one attached hydrogen (secondary N) is 3. The van der Waals surface area contributed by atoms with Gasteiger partial charge in [-0.3, -0.25) is 4.79 Å². The van der Waals surface area contributed by atoms with Gasteiger partial charge in [-0.2, -0.15) is 0 Å². The second kappa shape index (κ2) is 10.8. The molecule has 0 aliphatic carbocycles. The average molecular weight is 408 g/mol. The van der Waals surface area contributed by atoms with Crippen LogP contribution in [0.5, 0.6) is 11.5 Å². The number of methoxy groups -OCH3 is 1. The van der Waals surface area contributed by atoms with Crippen LogP contribution in [0.25, 0.3) is 0 Å². The standard InChI is InChI=1S/C23H39N3O3/c1-7-29-20-9-8-18(14-21(20)28-6)15-26-12-10-19(11-13-26)22(27)24-16-23(2,3)17-25(4)5/h8-9,14,19H,7,10-13,15-17H2,1-6H3,(H,24,27)/p+2. The first kappa shape index (κ1) is 23.5. The maximum atomic E-state index is 12.6. The van der Waals surface area contributed by atoms with E-state index >= 15 is 0 Å². The molecule has 1 aromatic rings. The van der Waals surface area contributed by atoms with Gasteiger partial charge in [0.25, 0.3) is 0 Å². The van der Waals surface area contributed by atoms with Crippen LogP contribution in [0.1, 0.15) is 39.2 Å². The Morgan fingerprint density at radius 3 is 2.52 bits per heavy atom. The van der Waals surface area contributed by atoms with E-state index in [1.165, 1.54) is 15.4 Å². The first-order valence-corrected chi connectivity index (χ1v) is 10.9. The van der Waals surface area contributed by atoms with Crippen LogP contribution in [0.2, 0.25) is 0 Å². The maximum absolute atomic E-state index is 12.6. The van der Waals surface area contributed by atoms with Crippen molar-refractivity contribution in [1.29, 1.82) is 0 Å². The number of carbonyl (C=O) groups is 1. The molecule has 1 fully saturated rings. The number of hydrogen-bond donors (Lipinski definition) is 3. The fourth-order valence-electron chi connectivity index (χ4n) is 4.34. The Balaban J connectivity index is 1.81. The van der Waals surface area contributed by atoms with Crippen LogP contribution in [0, 0.1) is 11.3 Å². The summed E-state index contributed by atoms with van der Waals surface area (Å²) in [4.78, 5) is 15.6. The van der Waals surface area contributed by atoms with Gasteiger partial charge in [-0.25, -0.2) is 0 Å². The Labute approximate surface area is 176 Å². The van der Waals surface area contributed by atoms with Crippen LogP contribution in [0.4, 0.5) is 0 Å². The van der Waals surface area contributed by atoms with Gasteiger partial charge < -0.3 is 24.6 Å². The molecule has 0 bridgehead atoms. The molecule has 6 nitrogen and oxygen atoms in total. The number of amides is 1. The maximum Gasteiger partial charge on any atom is 0.223 e. The summed E-state index contributed by atoms with van der Waals surface area (Å²) in [6, 6.07) is 6.19. The van der Waals surface area contributed by atoms with Crippen molar-refractivity contribution in [3.8, 4) is 11.5 Å². The molecule has 29 heavy (non-hydrogen) atoms. The summed E-state index contributed by atoms with van der Waals surface area (Å²) in [5.74, 6) is 1.97. The van der Waals surface area contributed by atoms with Crippen LogP contribution >= 0.6 is 0 Å². The average Bonchev–Trinajstić information content (AvgIpc) is 2.67. The van der Waals surface area contributed by atoms with E-state index < -0.39 is 0 Å². The second-order valence-corrected chi connectivity index (χ2v) is 9.39. The third-order valence-corrected chi connectivity index (χ3v) is 5.62. The summed E-state index contributed by atoms with van der Waals surface area (Å²) in [6.45, 7) is 11.8. The molecule has 3 N–H and O–H groups in total. The van der Waals surface area contributed by atoms with Crippen LogP contribution in [-0.4, -0.2) is 59.9 Å². The number of likely N-dealkylation sites (tertiary alicyclic amines) is 1. The molecule has 0 aromatic heterocycles. The lowest BCUT2D eigenvalue weighted by atomic mass is 9.91. The van der Waals surface area contributed by atoms with E-state index in [-0.39, 0.29) is 17.2 Å². The molecule has 2 rings (SSSR count). The topological polar surface area (TPSA) is 56.4 Å². The molecule has 0 spiro atoms. The molecule has 6 heteroatoms. The summed E-state index contributed by atoms with van der Waals surface area (Å²) in [6.07, 6.45) is 1.91. The van der Waals surface area contributed by atoms with Crippen molar-refractivity contribution in [2.45, 2.75) is 40.2 Å². The highest BCUT2D eigenvalue weighted by Gasteiger charge is 2.29. The second-order valence-electron chi connectivity index (χ2n) is 9.39. The molecule has 164 valence electrons. The lowest BCUT2D eigenvalue weighted by Gasteiger charge is -2.30. The zero-order chi connectivity index (χ0) is 21.4. The fourth-order valence-corrected chi connectivity index (χ4v) is 4.34. The predicted octanol–water partition coefficient (Wildman–Crippen LogP) is 0.176. The molecule has 0 radical (unpaired) electrons. The molecule has 1 amide bonds. The Morgan fingerprint density at radius 1 is 1.24 bits per heavy atom. The number of carbonyl (C=O) groups excluding carboxylic acids is 1. The molecule has 0 atom stereocenters. The van der Waals surface area contributed by atoms with Gasteiger partial charge >= 0.3 is 0 Å². The smallest absolute Gasteiger partial charge is 0.223 e. The normalized spacial score (nSPS) is 19.8. The van der Waals surface area contributed by atoms with Crippen molar-refractivity contribution in [2.24, 2.45) is 11.3 Å². The van der Waals surface area contributed by atoms with Crippen LogP contribution < -0.4 is 24.6 Å². The van der Waals surface area contributed by atoms with Gasteiger partial charge in [-0.15, -0.1) is 0 Å². The van der Waals surface area contributed by atoms with Gasteiger partial charge in [0.15, 0.2) is 11.5 Å². The van der Waals surface area contributed by atoms with Gasteiger partial charge in [-0.1, -0.05) is 13.8 Å². The van der Waals surface area contributed by atoms with Gasteiger partial charge in [0.2, 0.25) is 5.91 Å². The van der Waals surface area contributed by atoms with Crippen LogP contribution in [-0.2, 0) is 11.3 Å². The number of quaternary nitrogens is 2. The third kappa shape index (κ3) is 7.52. The Bertz CT molecular complexity index is 653. The lowest BCUT2D eigenvalue weighted by Crippen LogP contribution is -3.11. The minimum absolute atomic E-state index is 0.118. The third-order valence-electron chi connectivity index (χ3n) is 5.62. The van der Waals surface area contributed by atoms with Crippen molar-refractivity contribution in [2.75, 3.05) is 54.0 Å². The highest BCUT2D eigenvalue weighted by Crippen LogP contribution is 2.27. The number of rotatable bonds is 10. The predicted molar refractivity (Wildman–Crippen MR) is 116 cm³/mol. The summed E-state index contributed by atoms with van der Waals surface area (Å²) in [5.41, 5.74) is 1.36. The number of benzene rings is 1. The van der Waals surface area contributed by atoms with E-state index in [1.54, 1.807) is 7.11 Å². The van der Waals surface area contributed by atoms with E-state index in [1.807, 2.05) is 13.0 Å². The minimum Gasteiger partial charge on any atom is -0.493 e. The van der Waals surface area contributed by atoms with Crippen molar-refractivity contribution < 1.29 is 24.1 Å². The molecule has 0 unspecified atom stereocenters. The first-order chi connectivity index (χ1) is 13.7. The first-order valence-electron chi connectivity index (χ1n) is 10.9. The van der Waals surface area contributed by atoms with E-state index in [0.29, 0.717) is 6.61 Å². The molecule has 0 saturated carbocycles. The van der Waals surface area contributed by atoms with Crippen molar-refractivity contribution in [3.05, 3.63) is 23.8 Å². The fraction of sp³-hybridized carbons (Fsp3) is 0.696. The Hall–Kier alpha value is -1.79. The van der Waals surface area contributed by atoms with E-state index in [9.17, 15) is 4.79 Å². The molecule has 1 aromatic carbocycles. The van der Waals surface area contributed by atoms with E-state index in [0.717, 1.165) is 57.1 Å². The largest absolute Gasteiger partial charge is 0.493 e. The van der Waals surface area contributed by atoms with Crippen molar-refractivity contribution in [3.63, 3.8) is 0 Å². The molecule has 1 saturated heterocycles. The number of ether oxygens (including phenoxy) is 2. The quantitative estimate of drug-likeness (QED) is 0.519. The van der Waals surface area contributed by atoms with E-state index in [4.69, 9.17) is 9.47 Å². The summed E-state index contributed by atoms with van der Waals surface area (Å²) in [5, 5.41) is 3.20. The molecule has 1 aliphatic heterocycles. The number of piperidine rings is 1. The van der Waals surface area contributed by atoms with Crippen LogP contribution in [0.15, 0.2) is 18.2 Å². The SMILES string of the molecule is CCOc1ccc(C[NH+]2CCC(C(=O)NCC(C)(C)C[NH+](C)C)CC2)cc1OC. The molecule has 1 heterocycles. The summed E-state index contributed by atoms with van der Waals surface area (Å²) < 4.78 is 11.1. The van der Waals surface area contributed by atoms with Gasteiger partial charge in [0.1, 0.15) is 6.54 Å². The molecular weight excluding hydrogens is 366 g/mol. The zero-order valence-corrected chi connectivity index (χ0v) is 19.2. The zero-order valence-electron chi connectivity index (χ0n) is 19.2. The monoisotopic (exact) mass is 407 g/mol. The van der Waals surface area contributed by atoms with Gasteiger partial charge in [0, 0.05) is 36.3 Å². The van der Waals surface area contributed by atoms with E-state index in [2.05, 4.69) is 45.4 Å². The lowest BCUT2D eigenvalue weighted by molar-refractivity contribution is -0.919. The molecular formula is C23H41N3O3+2. The highest BCUT2D eigenvalue weighted by molar-refractivity contribution is 5.78. The van der Waals surface area contributed by atoms with Crippen molar-refractivity contribution in [1.82, 2.24) is 5.32 Å². The summed E-state index contributed by atoms with van der Waals surface area (Å²) >= 11 is 0. The minimum atomic E-state index is 0.118. The number of hydrogen-bond acceptors (Lipinski definition) is 3. The summed E-state index contributed by atoms with van der Waals surface area (Å²) in [7, 11) is 5.99. The molecule has 1 aliphatic rings. The van der Waals surface area contributed by atoms with Gasteiger partial charge in [-0.05, 0) is 25.1 Å². The van der Waals surface area contributed by atoms with Crippen LogP contribution in [0.3, 0.4) is 0 Å². The van der Waals surface area contributed by atoms with Gasteiger partial charge in [0.05, 0.1) is 47.4 Å². The van der Waals surface area contributed by atoms with Crippen molar-refractivity contribution >= 4 is 5.91 Å². The Kier molecular flexibility index (Phi) is 8.78.